The van der Waals surface area contributed by atoms with Crippen molar-refractivity contribution in [3.05, 3.63) is 16.0 Å². The van der Waals surface area contributed by atoms with E-state index in [2.05, 4.69) is 27.7 Å². The van der Waals surface area contributed by atoms with Gasteiger partial charge in [-0.05, 0) is 30.7 Å². The van der Waals surface area contributed by atoms with E-state index < -0.39 is 0 Å². The minimum atomic E-state index is -0.284. The highest BCUT2D eigenvalue weighted by molar-refractivity contribution is 7.16. The Morgan fingerprint density at radius 1 is 1.33 bits per heavy atom. The molecule has 0 unspecified atom stereocenters. The van der Waals surface area contributed by atoms with E-state index in [4.69, 9.17) is 10.5 Å². The van der Waals surface area contributed by atoms with Gasteiger partial charge < -0.3 is 10.5 Å². The summed E-state index contributed by atoms with van der Waals surface area (Å²) in [6.45, 7) is 10.7. The molecule has 0 aromatic carbocycles. The average Bonchev–Trinajstić information content (AvgIpc) is 2.55. The summed E-state index contributed by atoms with van der Waals surface area (Å²) >= 11 is 1.52. The van der Waals surface area contributed by atoms with Gasteiger partial charge in [0.25, 0.3) is 0 Å². The lowest BCUT2D eigenvalue weighted by Crippen LogP contribution is -2.10. The van der Waals surface area contributed by atoms with Crippen molar-refractivity contribution in [2.45, 2.75) is 47.0 Å². The smallest absolute Gasteiger partial charge is 0.341 e. The van der Waals surface area contributed by atoms with Crippen LogP contribution < -0.4 is 5.73 Å². The third kappa shape index (κ3) is 3.25. The van der Waals surface area contributed by atoms with Crippen molar-refractivity contribution in [1.29, 1.82) is 0 Å². The van der Waals surface area contributed by atoms with Gasteiger partial charge in [-0.1, -0.05) is 27.7 Å². The van der Waals surface area contributed by atoms with Crippen LogP contribution in [0.25, 0.3) is 0 Å². The van der Waals surface area contributed by atoms with Crippen LogP contribution in [0.5, 0.6) is 0 Å². The van der Waals surface area contributed by atoms with Crippen LogP contribution in [-0.2, 0) is 11.2 Å². The highest BCUT2D eigenvalue weighted by Gasteiger charge is 2.24. The summed E-state index contributed by atoms with van der Waals surface area (Å²) in [6.07, 6.45) is 0.870. The molecule has 1 heterocycles. The van der Waals surface area contributed by atoms with Crippen LogP contribution in [0.4, 0.5) is 5.00 Å². The van der Waals surface area contributed by atoms with Crippen LogP contribution in [0.3, 0.4) is 0 Å². The SMILES string of the molecule is CCOC(=O)c1c(N)sc(C(C)C)c1CC(C)C. The number of nitrogens with two attached hydrogens (primary N) is 1. The number of esters is 1. The van der Waals surface area contributed by atoms with Crippen LogP contribution in [0.15, 0.2) is 0 Å². The first-order valence-electron chi connectivity index (χ1n) is 6.46. The third-order valence-corrected chi connectivity index (χ3v) is 4.04. The third-order valence-electron chi connectivity index (χ3n) is 2.68. The molecule has 0 fully saturated rings. The second-order valence-corrected chi connectivity index (χ2v) is 6.24. The molecule has 0 saturated carbocycles. The number of thiophene rings is 1. The monoisotopic (exact) mass is 269 g/mol. The van der Waals surface area contributed by atoms with Gasteiger partial charge in [0, 0.05) is 4.88 Å². The summed E-state index contributed by atoms with van der Waals surface area (Å²) in [5.41, 5.74) is 7.69. The Kier molecular flexibility index (Phi) is 5.20. The van der Waals surface area contributed by atoms with Crippen molar-refractivity contribution < 1.29 is 9.53 Å². The molecule has 0 aliphatic carbocycles. The molecule has 0 aliphatic rings. The van der Waals surface area contributed by atoms with Crippen molar-refractivity contribution in [2.24, 2.45) is 5.92 Å². The van der Waals surface area contributed by atoms with Gasteiger partial charge in [-0.3, -0.25) is 0 Å². The first kappa shape index (κ1) is 15.0. The Morgan fingerprint density at radius 2 is 1.94 bits per heavy atom. The van der Waals surface area contributed by atoms with E-state index in [1.807, 2.05) is 6.92 Å². The van der Waals surface area contributed by atoms with Gasteiger partial charge in [0.05, 0.1) is 12.2 Å². The number of ether oxygens (including phenoxy) is 1. The molecule has 0 radical (unpaired) electrons. The summed E-state index contributed by atoms with van der Waals surface area (Å²) in [5.74, 6) is 0.590. The van der Waals surface area contributed by atoms with Gasteiger partial charge in [0.15, 0.2) is 0 Å². The van der Waals surface area contributed by atoms with Crippen LogP contribution in [-0.4, -0.2) is 12.6 Å². The zero-order valence-corrected chi connectivity index (χ0v) is 12.7. The molecule has 0 bridgehead atoms. The van der Waals surface area contributed by atoms with E-state index in [-0.39, 0.29) is 5.97 Å². The van der Waals surface area contributed by atoms with Crippen LogP contribution in [0.1, 0.15) is 61.3 Å². The highest BCUT2D eigenvalue weighted by Crippen LogP contribution is 2.37. The maximum atomic E-state index is 12.0. The molecule has 1 rings (SSSR count). The van der Waals surface area contributed by atoms with Gasteiger partial charge in [-0.25, -0.2) is 4.79 Å². The van der Waals surface area contributed by atoms with E-state index in [9.17, 15) is 4.79 Å². The van der Waals surface area contributed by atoms with Crippen molar-refractivity contribution in [3.63, 3.8) is 0 Å². The van der Waals surface area contributed by atoms with Crippen LogP contribution in [0, 0.1) is 5.92 Å². The molecule has 0 saturated heterocycles. The molecule has 1 aromatic heterocycles. The zero-order chi connectivity index (χ0) is 13.9. The average molecular weight is 269 g/mol. The predicted octanol–water partition coefficient (Wildman–Crippen LogP) is 3.83. The quantitative estimate of drug-likeness (QED) is 0.826. The summed E-state index contributed by atoms with van der Waals surface area (Å²) in [7, 11) is 0. The van der Waals surface area contributed by atoms with E-state index in [1.54, 1.807) is 0 Å². The Labute approximate surface area is 113 Å². The van der Waals surface area contributed by atoms with Crippen molar-refractivity contribution in [2.75, 3.05) is 12.3 Å². The predicted molar refractivity (Wildman–Crippen MR) is 77.3 cm³/mol. The molecule has 0 spiro atoms. The molecular weight excluding hydrogens is 246 g/mol. The lowest BCUT2D eigenvalue weighted by Gasteiger charge is -2.11. The standard InChI is InChI=1S/C14H23NO2S/c1-6-17-14(16)11-10(7-8(2)3)12(9(4)5)18-13(11)15/h8-9H,6-7,15H2,1-5H3. The lowest BCUT2D eigenvalue weighted by atomic mass is 9.95. The summed E-state index contributed by atoms with van der Waals surface area (Å²) < 4.78 is 5.11. The fraction of sp³-hybridized carbons (Fsp3) is 0.643. The molecular formula is C14H23NO2S. The Bertz CT molecular complexity index is 422. The summed E-state index contributed by atoms with van der Waals surface area (Å²) in [5, 5.41) is 0.591. The number of carbonyl (C=O) groups is 1. The van der Waals surface area contributed by atoms with Gasteiger partial charge in [0.2, 0.25) is 0 Å². The Balaban J connectivity index is 3.25. The number of carbonyl (C=O) groups excluding carboxylic acids is 1. The van der Waals surface area contributed by atoms with Crippen LogP contribution >= 0.6 is 11.3 Å². The second-order valence-electron chi connectivity index (χ2n) is 5.16. The number of hydrogen-bond acceptors (Lipinski definition) is 4. The van der Waals surface area contributed by atoms with E-state index in [0.29, 0.717) is 29.0 Å². The van der Waals surface area contributed by atoms with E-state index in [1.165, 1.54) is 16.2 Å². The number of nitrogen functional groups attached to an aromatic ring is 1. The van der Waals surface area contributed by atoms with Crippen LogP contribution in [0.2, 0.25) is 0 Å². The first-order valence-corrected chi connectivity index (χ1v) is 7.28. The molecule has 102 valence electrons. The fourth-order valence-electron chi connectivity index (χ4n) is 2.01. The molecule has 18 heavy (non-hydrogen) atoms. The zero-order valence-electron chi connectivity index (χ0n) is 11.9. The Morgan fingerprint density at radius 3 is 2.39 bits per heavy atom. The van der Waals surface area contributed by atoms with Gasteiger partial charge in [0.1, 0.15) is 5.00 Å². The lowest BCUT2D eigenvalue weighted by molar-refractivity contribution is 0.0526. The summed E-state index contributed by atoms with van der Waals surface area (Å²) in [6, 6.07) is 0. The second kappa shape index (κ2) is 6.23. The normalized spacial score (nSPS) is 11.3. The molecule has 0 atom stereocenters. The van der Waals surface area contributed by atoms with Crippen molar-refractivity contribution in [1.82, 2.24) is 0 Å². The van der Waals surface area contributed by atoms with Gasteiger partial charge in [-0.2, -0.15) is 0 Å². The van der Waals surface area contributed by atoms with E-state index in [0.717, 1.165) is 12.0 Å². The topological polar surface area (TPSA) is 52.3 Å². The maximum Gasteiger partial charge on any atom is 0.341 e. The van der Waals surface area contributed by atoms with Crippen molar-refractivity contribution in [3.8, 4) is 0 Å². The highest BCUT2D eigenvalue weighted by atomic mass is 32.1. The minimum Gasteiger partial charge on any atom is -0.462 e. The number of anilines is 1. The minimum absolute atomic E-state index is 0.284. The fourth-order valence-corrected chi connectivity index (χ4v) is 3.10. The molecule has 0 amide bonds. The molecule has 1 aromatic rings. The Hall–Kier alpha value is -1.03. The molecule has 4 heteroatoms. The van der Waals surface area contributed by atoms with Gasteiger partial charge >= 0.3 is 5.97 Å². The molecule has 0 aliphatic heterocycles. The largest absolute Gasteiger partial charge is 0.462 e. The number of hydrogen-bond donors (Lipinski definition) is 1. The van der Waals surface area contributed by atoms with E-state index >= 15 is 0 Å². The number of rotatable bonds is 5. The summed E-state index contributed by atoms with van der Waals surface area (Å²) in [4.78, 5) is 13.2. The molecule has 2 N–H and O–H groups in total. The first-order chi connectivity index (χ1) is 8.38. The van der Waals surface area contributed by atoms with Crippen molar-refractivity contribution >= 4 is 22.3 Å². The molecule has 3 nitrogen and oxygen atoms in total. The van der Waals surface area contributed by atoms with Gasteiger partial charge in [-0.15, -0.1) is 11.3 Å². The maximum absolute atomic E-state index is 12.0.